The molecule has 1 N–H and O–H groups in total. The highest BCUT2D eigenvalue weighted by molar-refractivity contribution is 7.13. The molecule has 0 amide bonds. The standard InChI is InChI=1S/C12H16N4OS/c1-3-10(18-8-1)12-14-11(17-15-12)9-16-6-2-4-13-5-7-16/h1,3,8,13H,2,4-7,9H2. The zero-order valence-electron chi connectivity index (χ0n) is 10.1. The summed E-state index contributed by atoms with van der Waals surface area (Å²) < 4.78 is 5.32. The molecule has 1 aliphatic heterocycles. The molecule has 3 rings (SSSR count). The van der Waals surface area contributed by atoms with Crippen LogP contribution in [0.15, 0.2) is 22.0 Å². The van der Waals surface area contributed by atoms with E-state index in [0.29, 0.717) is 11.7 Å². The van der Waals surface area contributed by atoms with Crippen molar-refractivity contribution in [3.63, 3.8) is 0 Å². The summed E-state index contributed by atoms with van der Waals surface area (Å²) in [5, 5.41) is 9.43. The lowest BCUT2D eigenvalue weighted by Gasteiger charge is -2.16. The zero-order valence-corrected chi connectivity index (χ0v) is 10.9. The molecule has 96 valence electrons. The van der Waals surface area contributed by atoms with Crippen LogP contribution < -0.4 is 5.32 Å². The summed E-state index contributed by atoms with van der Waals surface area (Å²) in [6, 6.07) is 4.01. The van der Waals surface area contributed by atoms with E-state index in [1.165, 1.54) is 6.42 Å². The average molecular weight is 264 g/mol. The molecule has 6 heteroatoms. The molecule has 1 saturated heterocycles. The summed E-state index contributed by atoms with van der Waals surface area (Å²) in [6.45, 7) is 5.01. The third-order valence-corrected chi connectivity index (χ3v) is 3.87. The van der Waals surface area contributed by atoms with Gasteiger partial charge < -0.3 is 9.84 Å². The Bertz CT molecular complexity index is 474. The van der Waals surface area contributed by atoms with Crippen molar-refractivity contribution in [2.75, 3.05) is 26.2 Å². The Hall–Kier alpha value is -1.24. The van der Waals surface area contributed by atoms with Gasteiger partial charge >= 0.3 is 0 Å². The molecule has 2 aromatic heterocycles. The number of hydrogen-bond donors (Lipinski definition) is 1. The molecule has 5 nitrogen and oxygen atoms in total. The molecule has 1 fully saturated rings. The maximum Gasteiger partial charge on any atom is 0.241 e. The SMILES string of the molecule is c1csc(-c2noc(CN3CCCNCC3)n2)c1. The predicted octanol–water partition coefficient (Wildman–Crippen LogP) is 1.59. The number of thiophene rings is 1. The third kappa shape index (κ3) is 2.77. The number of nitrogens with zero attached hydrogens (tertiary/aromatic N) is 3. The summed E-state index contributed by atoms with van der Waals surface area (Å²) in [7, 11) is 0. The van der Waals surface area contributed by atoms with Crippen LogP contribution in [0.3, 0.4) is 0 Å². The van der Waals surface area contributed by atoms with Crippen LogP contribution in [0.2, 0.25) is 0 Å². The minimum atomic E-state index is 0.702. The molecule has 18 heavy (non-hydrogen) atoms. The van der Waals surface area contributed by atoms with Crippen LogP contribution >= 0.6 is 11.3 Å². The highest BCUT2D eigenvalue weighted by Gasteiger charge is 2.14. The van der Waals surface area contributed by atoms with Gasteiger partial charge in [-0.2, -0.15) is 4.98 Å². The maximum absolute atomic E-state index is 5.32. The van der Waals surface area contributed by atoms with E-state index in [1.54, 1.807) is 11.3 Å². The predicted molar refractivity (Wildman–Crippen MR) is 70.4 cm³/mol. The molecule has 2 aromatic rings. The summed E-state index contributed by atoms with van der Waals surface area (Å²) in [6.07, 6.45) is 1.17. The Morgan fingerprint density at radius 1 is 1.39 bits per heavy atom. The smallest absolute Gasteiger partial charge is 0.241 e. The van der Waals surface area contributed by atoms with Crippen molar-refractivity contribution in [1.82, 2.24) is 20.4 Å². The van der Waals surface area contributed by atoms with E-state index in [-0.39, 0.29) is 0 Å². The molecular formula is C12H16N4OS. The first-order valence-electron chi connectivity index (χ1n) is 6.21. The average Bonchev–Trinajstić information content (AvgIpc) is 2.98. The van der Waals surface area contributed by atoms with E-state index in [2.05, 4.69) is 20.4 Å². The van der Waals surface area contributed by atoms with Gasteiger partial charge in [0.15, 0.2) is 0 Å². The fourth-order valence-electron chi connectivity index (χ4n) is 2.08. The molecule has 0 spiro atoms. The molecule has 1 aliphatic rings. The molecular weight excluding hydrogens is 248 g/mol. The minimum absolute atomic E-state index is 0.702. The van der Waals surface area contributed by atoms with Crippen molar-refractivity contribution in [3.8, 4) is 10.7 Å². The van der Waals surface area contributed by atoms with Gasteiger partial charge in [-0.15, -0.1) is 11.3 Å². The van der Waals surface area contributed by atoms with E-state index < -0.39 is 0 Å². The molecule has 0 saturated carbocycles. The second-order valence-electron chi connectivity index (χ2n) is 4.37. The van der Waals surface area contributed by atoms with Crippen molar-refractivity contribution in [3.05, 3.63) is 23.4 Å². The number of aromatic nitrogens is 2. The van der Waals surface area contributed by atoms with Crippen LogP contribution in [-0.2, 0) is 6.54 Å². The van der Waals surface area contributed by atoms with Crippen LogP contribution in [0, 0.1) is 0 Å². The van der Waals surface area contributed by atoms with Gasteiger partial charge in [-0.3, -0.25) is 4.90 Å². The summed E-state index contributed by atoms with van der Waals surface area (Å²) >= 11 is 1.63. The number of rotatable bonds is 3. The lowest BCUT2D eigenvalue weighted by atomic mass is 10.4. The molecule has 0 unspecified atom stereocenters. The van der Waals surface area contributed by atoms with Gasteiger partial charge in [-0.25, -0.2) is 0 Å². The van der Waals surface area contributed by atoms with Crippen molar-refractivity contribution < 1.29 is 4.52 Å². The van der Waals surface area contributed by atoms with E-state index in [9.17, 15) is 0 Å². The van der Waals surface area contributed by atoms with Crippen molar-refractivity contribution in [2.45, 2.75) is 13.0 Å². The van der Waals surface area contributed by atoms with E-state index >= 15 is 0 Å². The zero-order chi connectivity index (χ0) is 12.2. The lowest BCUT2D eigenvalue weighted by Crippen LogP contribution is -2.27. The molecule has 0 aromatic carbocycles. The van der Waals surface area contributed by atoms with Crippen LogP contribution in [0.1, 0.15) is 12.3 Å². The van der Waals surface area contributed by atoms with Gasteiger partial charge in [0.1, 0.15) is 0 Å². The fraction of sp³-hybridized carbons (Fsp3) is 0.500. The Labute approximate surface area is 110 Å². The third-order valence-electron chi connectivity index (χ3n) is 3.00. The van der Waals surface area contributed by atoms with Gasteiger partial charge in [-0.05, 0) is 31.0 Å². The van der Waals surface area contributed by atoms with Crippen molar-refractivity contribution >= 4 is 11.3 Å². The second kappa shape index (κ2) is 5.60. The highest BCUT2D eigenvalue weighted by atomic mass is 32.1. The van der Waals surface area contributed by atoms with Crippen molar-refractivity contribution in [2.24, 2.45) is 0 Å². The monoisotopic (exact) mass is 264 g/mol. The van der Waals surface area contributed by atoms with Gasteiger partial charge in [0, 0.05) is 13.1 Å². The van der Waals surface area contributed by atoms with Crippen LogP contribution in [0.4, 0.5) is 0 Å². The Kier molecular flexibility index (Phi) is 3.68. The number of hydrogen-bond acceptors (Lipinski definition) is 6. The van der Waals surface area contributed by atoms with Crippen molar-refractivity contribution in [1.29, 1.82) is 0 Å². The fourth-order valence-corrected chi connectivity index (χ4v) is 2.73. The van der Waals surface area contributed by atoms with Crippen LogP contribution in [-0.4, -0.2) is 41.2 Å². The van der Waals surface area contributed by atoms with Gasteiger partial charge in [0.25, 0.3) is 0 Å². The summed E-state index contributed by atoms with van der Waals surface area (Å²) in [5.41, 5.74) is 0. The van der Waals surface area contributed by atoms with Crippen LogP contribution in [0.5, 0.6) is 0 Å². The maximum atomic E-state index is 5.32. The van der Waals surface area contributed by atoms with Gasteiger partial charge in [0.2, 0.25) is 11.7 Å². The van der Waals surface area contributed by atoms with E-state index in [4.69, 9.17) is 4.52 Å². The highest BCUT2D eigenvalue weighted by Crippen LogP contribution is 2.21. The lowest BCUT2D eigenvalue weighted by molar-refractivity contribution is 0.239. The quantitative estimate of drug-likeness (QED) is 0.912. The molecule has 3 heterocycles. The molecule has 0 atom stereocenters. The summed E-state index contributed by atoms with van der Waals surface area (Å²) in [5.74, 6) is 1.41. The normalized spacial score (nSPS) is 17.8. The topological polar surface area (TPSA) is 54.2 Å². The van der Waals surface area contributed by atoms with Gasteiger partial charge in [0.05, 0.1) is 11.4 Å². The Balaban J connectivity index is 1.66. The summed E-state index contributed by atoms with van der Waals surface area (Å²) in [4.78, 5) is 7.86. The first-order chi connectivity index (χ1) is 8.92. The molecule has 0 bridgehead atoms. The Morgan fingerprint density at radius 3 is 3.28 bits per heavy atom. The van der Waals surface area contributed by atoms with E-state index in [1.807, 2.05) is 17.5 Å². The molecule has 0 aliphatic carbocycles. The number of nitrogens with one attached hydrogen (secondary N) is 1. The van der Waals surface area contributed by atoms with Crippen LogP contribution in [0.25, 0.3) is 10.7 Å². The van der Waals surface area contributed by atoms with Gasteiger partial charge in [-0.1, -0.05) is 11.2 Å². The first kappa shape index (κ1) is 11.8. The first-order valence-corrected chi connectivity index (χ1v) is 7.09. The minimum Gasteiger partial charge on any atom is -0.338 e. The second-order valence-corrected chi connectivity index (χ2v) is 5.32. The molecule has 0 radical (unpaired) electrons. The largest absolute Gasteiger partial charge is 0.338 e. The Morgan fingerprint density at radius 2 is 2.39 bits per heavy atom. The van der Waals surface area contributed by atoms with E-state index in [0.717, 1.165) is 37.6 Å².